The minimum absolute atomic E-state index is 0.0897. The summed E-state index contributed by atoms with van der Waals surface area (Å²) in [6.07, 6.45) is 5.31. The number of fused-ring (bicyclic) bond motifs is 1. The maximum absolute atomic E-state index is 13.3. The molecule has 2 aromatic rings. The zero-order chi connectivity index (χ0) is 16.0. The van der Waals surface area contributed by atoms with E-state index in [0.29, 0.717) is 0 Å². The summed E-state index contributed by atoms with van der Waals surface area (Å²) in [7, 11) is 0. The van der Waals surface area contributed by atoms with Crippen LogP contribution in [0.4, 0.5) is 10.2 Å². The zero-order valence-corrected chi connectivity index (χ0v) is 11.0. The molecule has 1 aliphatic rings. The summed E-state index contributed by atoms with van der Waals surface area (Å²) in [6.45, 7) is 0. The molecule has 0 bridgehead atoms. The van der Waals surface area contributed by atoms with E-state index in [1.165, 1.54) is 6.07 Å². The van der Waals surface area contributed by atoms with Crippen LogP contribution in [0.5, 0.6) is 0 Å². The number of pyridine rings is 1. The highest BCUT2D eigenvalue weighted by Crippen LogP contribution is 2.24. The Morgan fingerprint density at radius 3 is 2.59 bits per heavy atom. The van der Waals surface area contributed by atoms with Crippen molar-refractivity contribution in [3.63, 3.8) is 0 Å². The van der Waals surface area contributed by atoms with E-state index in [0.717, 1.165) is 22.8 Å². The predicted molar refractivity (Wildman–Crippen MR) is 76.1 cm³/mol. The van der Waals surface area contributed by atoms with Gasteiger partial charge in [-0.15, -0.1) is 6.42 Å². The van der Waals surface area contributed by atoms with Gasteiger partial charge in [-0.3, -0.25) is 24.3 Å². The molecule has 0 radical (unpaired) electrons. The van der Waals surface area contributed by atoms with E-state index in [2.05, 4.69) is 11.2 Å². The molecule has 1 aromatic heterocycles. The fourth-order valence-corrected chi connectivity index (χ4v) is 2.35. The number of nitrogens with two attached hydrogens (primary N) is 1. The van der Waals surface area contributed by atoms with Gasteiger partial charge in [0.25, 0.3) is 17.4 Å². The minimum atomic E-state index is -0.699. The molecule has 2 amide bonds. The number of carbonyl (C=O) groups excluding carboxylic acids is 2. The third-order valence-electron chi connectivity index (χ3n) is 3.31. The van der Waals surface area contributed by atoms with Crippen LogP contribution in [0.25, 0.3) is 5.69 Å². The first kappa shape index (κ1) is 13.6. The SMILES string of the molecule is C#Cc1cc(F)ccc1-n1c(N)c2c(cc1=O)C(=O)NC2=O. The summed E-state index contributed by atoms with van der Waals surface area (Å²) >= 11 is 0. The van der Waals surface area contributed by atoms with Crippen molar-refractivity contribution in [3.05, 3.63) is 57.1 Å². The summed E-state index contributed by atoms with van der Waals surface area (Å²) in [6, 6.07) is 4.46. The number of halogens is 1. The van der Waals surface area contributed by atoms with E-state index >= 15 is 0 Å². The van der Waals surface area contributed by atoms with Gasteiger partial charge >= 0.3 is 0 Å². The van der Waals surface area contributed by atoms with Gasteiger partial charge in [-0.05, 0) is 18.2 Å². The first-order chi connectivity index (χ1) is 10.4. The van der Waals surface area contributed by atoms with Gasteiger partial charge in [0.15, 0.2) is 0 Å². The zero-order valence-electron chi connectivity index (χ0n) is 11.0. The third kappa shape index (κ3) is 1.78. The lowest BCUT2D eigenvalue weighted by Gasteiger charge is -2.13. The maximum Gasteiger partial charge on any atom is 0.262 e. The van der Waals surface area contributed by atoms with Gasteiger partial charge in [-0.1, -0.05) is 5.92 Å². The van der Waals surface area contributed by atoms with Gasteiger partial charge in [-0.25, -0.2) is 4.39 Å². The van der Waals surface area contributed by atoms with Crippen molar-refractivity contribution < 1.29 is 14.0 Å². The molecule has 0 atom stereocenters. The minimum Gasteiger partial charge on any atom is -0.384 e. The number of rotatable bonds is 1. The number of hydrogen-bond acceptors (Lipinski definition) is 4. The van der Waals surface area contributed by atoms with Crippen molar-refractivity contribution in [2.45, 2.75) is 0 Å². The second-order valence-electron chi connectivity index (χ2n) is 4.58. The lowest BCUT2D eigenvalue weighted by molar-refractivity contribution is 0.0880. The van der Waals surface area contributed by atoms with Crippen LogP contribution in [0.1, 0.15) is 26.3 Å². The van der Waals surface area contributed by atoms with Crippen LogP contribution in [0.3, 0.4) is 0 Å². The molecule has 0 spiro atoms. The van der Waals surface area contributed by atoms with Gasteiger partial charge in [-0.2, -0.15) is 0 Å². The molecule has 6 nitrogen and oxygen atoms in total. The predicted octanol–water partition coefficient (Wildman–Crippen LogP) is 0.424. The Labute approximate surface area is 123 Å². The third-order valence-corrected chi connectivity index (χ3v) is 3.31. The second-order valence-corrected chi connectivity index (χ2v) is 4.58. The number of carbonyl (C=O) groups is 2. The molecule has 0 saturated heterocycles. The van der Waals surface area contributed by atoms with E-state index in [-0.39, 0.29) is 28.2 Å². The molecular weight excluding hydrogens is 289 g/mol. The van der Waals surface area contributed by atoms with Crippen molar-refractivity contribution in [2.75, 3.05) is 5.73 Å². The Morgan fingerprint density at radius 1 is 1.18 bits per heavy atom. The van der Waals surface area contributed by atoms with Gasteiger partial charge in [0.05, 0.1) is 22.4 Å². The number of nitrogen functional groups attached to an aromatic ring is 1. The van der Waals surface area contributed by atoms with E-state index < -0.39 is 23.2 Å². The van der Waals surface area contributed by atoms with Crippen LogP contribution in [0.15, 0.2) is 29.1 Å². The van der Waals surface area contributed by atoms with Gasteiger partial charge in [0.1, 0.15) is 11.6 Å². The Morgan fingerprint density at radius 2 is 1.91 bits per heavy atom. The molecule has 3 rings (SSSR count). The largest absolute Gasteiger partial charge is 0.384 e. The number of anilines is 1. The Hall–Kier alpha value is -3.40. The molecule has 0 aliphatic carbocycles. The molecule has 108 valence electrons. The van der Waals surface area contributed by atoms with Gasteiger partial charge < -0.3 is 5.73 Å². The first-order valence-electron chi connectivity index (χ1n) is 6.11. The van der Waals surface area contributed by atoms with Crippen LogP contribution in [0.2, 0.25) is 0 Å². The van der Waals surface area contributed by atoms with Gasteiger partial charge in [0.2, 0.25) is 0 Å². The molecule has 3 N–H and O–H groups in total. The summed E-state index contributed by atoms with van der Waals surface area (Å²) in [5.41, 5.74) is 5.28. The van der Waals surface area contributed by atoms with Crippen LogP contribution in [-0.2, 0) is 0 Å². The van der Waals surface area contributed by atoms with Crippen LogP contribution < -0.4 is 16.6 Å². The average molecular weight is 297 g/mol. The van der Waals surface area contributed by atoms with Crippen molar-refractivity contribution in [1.82, 2.24) is 9.88 Å². The number of benzene rings is 1. The molecule has 0 saturated carbocycles. The molecule has 1 aromatic carbocycles. The number of amides is 2. The highest BCUT2D eigenvalue weighted by atomic mass is 19.1. The maximum atomic E-state index is 13.3. The average Bonchev–Trinajstić information content (AvgIpc) is 2.75. The molecule has 0 unspecified atom stereocenters. The number of hydrogen-bond donors (Lipinski definition) is 2. The van der Waals surface area contributed by atoms with Crippen LogP contribution >= 0.6 is 0 Å². The van der Waals surface area contributed by atoms with Crippen molar-refractivity contribution in [3.8, 4) is 18.0 Å². The van der Waals surface area contributed by atoms with Crippen LogP contribution in [0, 0.1) is 18.2 Å². The fourth-order valence-electron chi connectivity index (χ4n) is 2.35. The first-order valence-corrected chi connectivity index (χ1v) is 6.11. The Kier molecular flexibility index (Phi) is 2.82. The van der Waals surface area contributed by atoms with E-state index in [9.17, 15) is 18.8 Å². The normalized spacial score (nSPS) is 12.7. The van der Waals surface area contributed by atoms with Crippen molar-refractivity contribution in [1.29, 1.82) is 0 Å². The molecular formula is C15H8FN3O3. The van der Waals surface area contributed by atoms with E-state index in [1.54, 1.807) is 0 Å². The molecule has 0 fully saturated rings. The number of aromatic nitrogens is 1. The topological polar surface area (TPSA) is 94.2 Å². The lowest BCUT2D eigenvalue weighted by Crippen LogP contribution is -2.24. The van der Waals surface area contributed by atoms with E-state index in [4.69, 9.17) is 12.2 Å². The van der Waals surface area contributed by atoms with Crippen molar-refractivity contribution >= 4 is 17.6 Å². The number of terminal acetylenes is 1. The number of nitrogens with zero attached hydrogens (tertiary/aromatic N) is 1. The molecule has 2 heterocycles. The highest BCUT2D eigenvalue weighted by molar-refractivity contribution is 6.23. The standard InChI is InChI=1S/C15H8FN3O3/c1-2-7-5-8(16)3-4-10(7)19-11(20)6-9-12(13(19)17)15(22)18-14(9)21/h1,3-6H,17H2,(H,18,21,22). The Bertz CT molecular complexity index is 954. The summed E-state index contributed by atoms with van der Waals surface area (Å²) < 4.78 is 14.2. The van der Waals surface area contributed by atoms with Crippen LogP contribution in [-0.4, -0.2) is 16.4 Å². The summed E-state index contributed by atoms with van der Waals surface area (Å²) in [5.74, 6) is 0.0683. The van der Waals surface area contributed by atoms with E-state index in [1.807, 2.05) is 0 Å². The molecule has 7 heteroatoms. The summed E-state index contributed by atoms with van der Waals surface area (Å²) in [5, 5.41) is 2.06. The highest BCUT2D eigenvalue weighted by Gasteiger charge is 2.32. The van der Waals surface area contributed by atoms with Crippen molar-refractivity contribution in [2.24, 2.45) is 0 Å². The number of imide groups is 1. The van der Waals surface area contributed by atoms with Gasteiger partial charge in [0, 0.05) is 6.07 Å². The fraction of sp³-hybridized carbons (Fsp3) is 0. The Balaban J connectivity index is 2.38. The second kappa shape index (κ2) is 4.56. The quantitative estimate of drug-likeness (QED) is 0.589. The smallest absolute Gasteiger partial charge is 0.262 e. The summed E-state index contributed by atoms with van der Waals surface area (Å²) in [4.78, 5) is 35.6. The molecule has 1 aliphatic heterocycles. The number of nitrogens with one attached hydrogen (secondary N) is 1. The molecule has 22 heavy (non-hydrogen) atoms. The lowest BCUT2D eigenvalue weighted by atomic mass is 10.1. The monoisotopic (exact) mass is 297 g/mol.